The van der Waals surface area contributed by atoms with Crippen LogP contribution in [0.15, 0.2) is 15.9 Å². The zero-order valence-corrected chi connectivity index (χ0v) is 12.8. The summed E-state index contributed by atoms with van der Waals surface area (Å²) >= 11 is 5.19. The molecular weight excluding hydrogens is 312 g/mol. The number of carbonyl (C=O) groups is 1. The lowest BCUT2D eigenvalue weighted by molar-refractivity contribution is -0.121. The fraction of sp³-hybridized carbons (Fsp3) is 0.615. The molecule has 1 atom stereocenters. The number of hydrogen-bond donors (Lipinski definition) is 2. The Hall–Kier alpha value is -0.390. The Bertz CT molecular complexity index is 388. The van der Waals surface area contributed by atoms with Gasteiger partial charge in [0, 0.05) is 27.7 Å². The molecule has 100 valence electrons. The van der Waals surface area contributed by atoms with Gasteiger partial charge in [-0.05, 0) is 60.3 Å². The molecule has 1 amide bonds. The first-order chi connectivity index (χ1) is 8.74. The second-order valence-corrected chi connectivity index (χ2v) is 6.66. The van der Waals surface area contributed by atoms with Crippen molar-refractivity contribution >= 4 is 33.2 Å². The van der Waals surface area contributed by atoms with Crippen LogP contribution < -0.4 is 10.6 Å². The normalized spacial score (nSPS) is 19.1. The molecule has 2 N–H and O–H groups in total. The van der Waals surface area contributed by atoms with Crippen LogP contribution in [0.5, 0.6) is 0 Å². The largest absolute Gasteiger partial charge is 0.356 e. The van der Waals surface area contributed by atoms with Gasteiger partial charge in [0.1, 0.15) is 0 Å². The fourth-order valence-electron chi connectivity index (χ4n) is 2.14. The summed E-state index contributed by atoms with van der Waals surface area (Å²) in [7, 11) is 0. The molecule has 1 aliphatic heterocycles. The third-order valence-corrected chi connectivity index (χ3v) is 4.96. The molecule has 1 aromatic heterocycles. The predicted molar refractivity (Wildman–Crippen MR) is 78.9 cm³/mol. The first-order valence-corrected chi connectivity index (χ1v) is 8.11. The van der Waals surface area contributed by atoms with E-state index in [9.17, 15) is 4.79 Å². The highest BCUT2D eigenvalue weighted by Gasteiger charge is 2.14. The van der Waals surface area contributed by atoms with E-state index in [-0.39, 0.29) is 5.91 Å². The predicted octanol–water partition coefficient (Wildman–Crippen LogP) is 2.56. The molecule has 2 rings (SSSR count). The van der Waals surface area contributed by atoms with Crippen molar-refractivity contribution in [3.63, 3.8) is 0 Å². The van der Waals surface area contributed by atoms with E-state index in [1.54, 1.807) is 11.3 Å². The number of thiophene rings is 1. The van der Waals surface area contributed by atoms with Crippen LogP contribution in [0.1, 0.15) is 24.1 Å². The van der Waals surface area contributed by atoms with Crippen molar-refractivity contribution in [2.45, 2.75) is 25.7 Å². The van der Waals surface area contributed by atoms with Gasteiger partial charge in [-0.25, -0.2) is 0 Å². The van der Waals surface area contributed by atoms with Crippen LogP contribution in [0.3, 0.4) is 0 Å². The van der Waals surface area contributed by atoms with Crippen LogP contribution in [-0.4, -0.2) is 25.5 Å². The number of aryl methyl sites for hydroxylation is 1. The first-order valence-electron chi connectivity index (χ1n) is 6.44. The van der Waals surface area contributed by atoms with Crippen molar-refractivity contribution in [3.8, 4) is 0 Å². The van der Waals surface area contributed by atoms with Crippen molar-refractivity contribution in [1.82, 2.24) is 10.6 Å². The van der Waals surface area contributed by atoms with Gasteiger partial charge in [-0.2, -0.15) is 0 Å². The van der Waals surface area contributed by atoms with Crippen molar-refractivity contribution in [3.05, 3.63) is 20.8 Å². The van der Waals surface area contributed by atoms with Crippen LogP contribution in [0, 0.1) is 5.92 Å². The second-order valence-electron chi connectivity index (χ2n) is 4.75. The van der Waals surface area contributed by atoms with E-state index in [2.05, 4.69) is 38.0 Å². The lowest BCUT2D eigenvalue weighted by atomic mass is 10.1. The van der Waals surface area contributed by atoms with E-state index in [1.165, 1.54) is 11.3 Å². The minimum Gasteiger partial charge on any atom is -0.356 e. The molecule has 0 spiro atoms. The van der Waals surface area contributed by atoms with Crippen LogP contribution in [0.2, 0.25) is 0 Å². The van der Waals surface area contributed by atoms with Crippen LogP contribution in [0.4, 0.5) is 0 Å². The van der Waals surface area contributed by atoms with Gasteiger partial charge in [-0.1, -0.05) is 0 Å². The molecule has 0 aliphatic carbocycles. The summed E-state index contributed by atoms with van der Waals surface area (Å²) < 4.78 is 1.14. The molecule has 3 nitrogen and oxygen atoms in total. The summed E-state index contributed by atoms with van der Waals surface area (Å²) in [5.41, 5.74) is 0. The maximum absolute atomic E-state index is 11.7. The number of hydrogen-bond acceptors (Lipinski definition) is 3. The highest BCUT2D eigenvalue weighted by Crippen LogP contribution is 2.21. The Labute approximate surface area is 120 Å². The highest BCUT2D eigenvalue weighted by atomic mass is 79.9. The number of nitrogens with one attached hydrogen (secondary N) is 2. The van der Waals surface area contributed by atoms with E-state index >= 15 is 0 Å². The maximum Gasteiger partial charge on any atom is 0.220 e. The van der Waals surface area contributed by atoms with Crippen molar-refractivity contribution in [2.24, 2.45) is 5.92 Å². The molecule has 2 heterocycles. The zero-order chi connectivity index (χ0) is 12.8. The smallest absolute Gasteiger partial charge is 0.220 e. The Morgan fingerprint density at radius 1 is 1.61 bits per heavy atom. The van der Waals surface area contributed by atoms with Crippen molar-refractivity contribution < 1.29 is 4.79 Å². The van der Waals surface area contributed by atoms with E-state index < -0.39 is 0 Å². The van der Waals surface area contributed by atoms with Gasteiger partial charge in [-0.3, -0.25) is 4.79 Å². The van der Waals surface area contributed by atoms with Gasteiger partial charge in [0.15, 0.2) is 0 Å². The monoisotopic (exact) mass is 330 g/mol. The molecule has 0 aromatic carbocycles. The highest BCUT2D eigenvalue weighted by molar-refractivity contribution is 9.10. The molecule has 1 aromatic rings. The Balaban J connectivity index is 1.57. The molecule has 0 bridgehead atoms. The maximum atomic E-state index is 11.7. The molecule has 18 heavy (non-hydrogen) atoms. The van der Waals surface area contributed by atoms with E-state index in [0.29, 0.717) is 12.3 Å². The van der Waals surface area contributed by atoms with Gasteiger partial charge < -0.3 is 10.6 Å². The summed E-state index contributed by atoms with van der Waals surface area (Å²) in [4.78, 5) is 13.0. The van der Waals surface area contributed by atoms with Crippen LogP contribution >= 0.6 is 27.3 Å². The van der Waals surface area contributed by atoms with Gasteiger partial charge in [-0.15, -0.1) is 11.3 Å². The standard InChI is InChI=1S/C13H19BrN2OS/c14-11-6-12(18-9-11)2-1-3-13(17)16-8-10-4-5-15-7-10/h6,9-10,15H,1-5,7-8H2,(H,16,17). The fourth-order valence-corrected chi connectivity index (χ4v) is 3.64. The minimum atomic E-state index is 0.192. The quantitative estimate of drug-likeness (QED) is 0.841. The van der Waals surface area contributed by atoms with Crippen LogP contribution in [-0.2, 0) is 11.2 Å². The molecular formula is C13H19BrN2OS. The van der Waals surface area contributed by atoms with E-state index in [4.69, 9.17) is 0 Å². The van der Waals surface area contributed by atoms with Crippen molar-refractivity contribution in [2.75, 3.05) is 19.6 Å². The average Bonchev–Trinajstić information content (AvgIpc) is 2.98. The number of rotatable bonds is 6. The number of amides is 1. The number of carbonyl (C=O) groups excluding carboxylic acids is 1. The summed E-state index contributed by atoms with van der Waals surface area (Å²) in [5, 5.41) is 8.43. The Morgan fingerprint density at radius 2 is 2.50 bits per heavy atom. The minimum absolute atomic E-state index is 0.192. The molecule has 0 saturated carbocycles. The first kappa shape index (κ1) is 14.0. The Morgan fingerprint density at radius 3 is 3.17 bits per heavy atom. The Kier molecular flexibility index (Phi) is 5.66. The molecule has 5 heteroatoms. The third kappa shape index (κ3) is 4.71. The third-order valence-electron chi connectivity index (χ3n) is 3.20. The van der Waals surface area contributed by atoms with Crippen LogP contribution in [0.25, 0.3) is 0 Å². The summed E-state index contributed by atoms with van der Waals surface area (Å²) in [6.07, 6.45) is 3.75. The zero-order valence-electron chi connectivity index (χ0n) is 10.4. The van der Waals surface area contributed by atoms with Crippen molar-refractivity contribution in [1.29, 1.82) is 0 Å². The summed E-state index contributed by atoms with van der Waals surface area (Å²) in [6, 6.07) is 2.13. The van der Waals surface area contributed by atoms with Gasteiger partial charge >= 0.3 is 0 Å². The summed E-state index contributed by atoms with van der Waals surface area (Å²) in [6.45, 7) is 2.97. The molecule has 0 radical (unpaired) electrons. The summed E-state index contributed by atoms with van der Waals surface area (Å²) in [5.74, 6) is 0.819. The van der Waals surface area contributed by atoms with E-state index in [1.807, 2.05) is 0 Å². The van der Waals surface area contributed by atoms with Gasteiger partial charge in [0.25, 0.3) is 0 Å². The SMILES string of the molecule is O=C(CCCc1cc(Br)cs1)NCC1CCNC1. The second kappa shape index (κ2) is 7.26. The lowest BCUT2D eigenvalue weighted by Gasteiger charge is -2.09. The molecule has 1 unspecified atom stereocenters. The topological polar surface area (TPSA) is 41.1 Å². The lowest BCUT2D eigenvalue weighted by Crippen LogP contribution is -2.30. The van der Waals surface area contributed by atoms with E-state index in [0.717, 1.165) is 36.9 Å². The molecule has 1 fully saturated rings. The number of halogens is 1. The molecule has 1 aliphatic rings. The van der Waals surface area contributed by atoms with Gasteiger partial charge in [0.05, 0.1) is 0 Å². The average molecular weight is 331 g/mol. The molecule has 1 saturated heterocycles. The van der Waals surface area contributed by atoms with Gasteiger partial charge in [0.2, 0.25) is 5.91 Å².